The number of aromatic nitrogens is 2. The largest absolute Gasteiger partial charge is 0.453 e. The molecular formula is C14H8F5N3O. The summed E-state index contributed by atoms with van der Waals surface area (Å²) in [7, 11) is 0. The maximum atomic E-state index is 13.8. The molecule has 2 aromatic heterocycles. The number of fused-ring (bicyclic) bond motifs is 1. The molecule has 0 amide bonds. The Morgan fingerprint density at radius 2 is 1.83 bits per heavy atom. The van der Waals surface area contributed by atoms with E-state index in [2.05, 4.69) is 9.97 Å². The monoisotopic (exact) mass is 329 g/mol. The van der Waals surface area contributed by atoms with E-state index in [0.717, 1.165) is 12.3 Å². The fourth-order valence-electron chi connectivity index (χ4n) is 2.08. The fraction of sp³-hybridized carbons (Fsp3) is 0.0714. The van der Waals surface area contributed by atoms with E-state index < -0.39 is 34.8 Å². The van der Waals surface area contributed by atoms with Gasteiger partial charge in [0.25, 0.3) is 0 Å². The zero-order valence-electron chi connectivity index (χ0n) is 11.2. The maximum Gasteiger partial charge on any atom is 0.418 e. The lowest BCUT2D eigenvalue weighted by atomic mass is 10.2. The van der Waals surface area contributed by atoms with E-state index in [9.17, 15) is 22.0 Å². The standard InChI is InChI=1S/C14H8F5N3O/c15-7-4-11(8(16)3-9(7)20)23-10-1-2-21-13-12(10)6(5-22-13)14(17,18)19/h1-5H,20H2,(H,21,22). The molecule has 0 saturated carbocycles. The summed E-state index contributed by atoms with van der Waals surface area (Å²) in [6.45, 7) is 0. The highest BCUT2D eigenvalue weighted by Crippen LogP contribution is 2.40. The lowest BCUT2D eigenvalue weighted by Crippen LogP contribution is -2.04. The topological polar surface area (TPSA) is 63.9 Å². The van der Waals surface area contributed by atoms with Gasteiger partial charge in [0.15, 0.2) is 11.6 Å². The van der Waals surface area contributed by atoms with Crippen LogP contribution in [-0.2, 0) is 6.18 Å². The van der Waals surface area contributed by atoms with Crippen molar-refractivity contribution >= 4 is 16.7 Å². The molecule has 0 saturated heterocycles. The van der Waals surface area contributed by atoms with Crippen molar-refractivity contribution in [1.29, 1.82) is 0 Å². The van der Waals surface area contributed by atoms with Gasteiger partial charge in [-0.05, 0) is 6.07 Å². The van der Waals surface area contributed by atoms with Crippen molar-refractivity contribution in [1.82, 2.24) is 9.97 Å². The van der Waals surface area contributed by atoms with Crippen LogP contribution in [0, 0.1) is 11.6 Å². The number of rotatable bonds is 2. The molecule has 2 heterocycles. The first-order valence-corrected chi connectivity index (χ1v) is 6.23. The van der Waals surface area contributed by atoms with Crippen molar-refractivity contribution in [2.24, 2.45) is 0 Å². The molecule has 9 heteroatoms. The van der Waals surface area contributed by atoms with Gasteiger partial charge in [-0.15, -0.1) is 0 Å². The quantitative estimate of drug-likeness (QED) is 0.546. The highest BCUT2D eigenvalue weighted by molar-refractivity contribution is 5.87. The van der Waals surface area contributed by atoms with Crippen molar-refractivity contribution in [2.75, 3.05) is 5.73 Å². The summed E-state index contributed by atoms with van der Waals surface area (Å²) in [5.41, 5.74) is 3.65. The molecule has 3 aromatic rings. The van der Waals surface area contributed by atoms with Crippen LogP contribution in [0.2, 0.25) is 0 Å². The number of hydrogen-bond donors (Lipinski definition) is 2. The van der Waals surface area contributed by atoms with Crippen LogP contribution in [-0.4, -0.2) is 9.97 Å². The van der Waals surface area contributed by atoms with E-state index >= 15 is 0 Å². The summed E-state index contributed by atoms with van der Waals surface area (Å²) >= 11 is 0. The Labute approximate surface area is 125 Å². The lowest BCUT2D eigenvalue weighted by molar-refractivity contribution is -0.136. The van der Waals surface area contributed by atoms with Crippen LogP contribution in [0.5, 0.6) is 11.5 Å². The van der Waals surface area contributed by atoms with Gasteiger partial charge >= 0.3 is 6.18 Å². The Balaban J connectivity index is 2.14. The van der Waals surface area contributed by atoms with E-state index in [4.69, 9.17) is 10.5 Å². The first-order valence-electron chi connectivity index (χ1n) is 6.23. The molecule has 0 bridgehead atoms. The summed E-state index contributed by atoms with van der Waals surface area (Å²) in [5, 5.41) is -0.378. The second-order valence-electron chi connectivity index (χ2n) is 4.64. The van der Waals surface area contributed by atoms with Gasteiger partial charge in [-0.3, -0.25) is 0 Å². The van der Waals surface area contributed by atoms with Crippen LogP contribution < -0.4 is 10.5 Å². The van der Waals surface area contributed by atoms with Crippen molar-refractivity contribution in [3.63, 3.8) is 0 Å². The molecule has 23 heavy (non-hydrogen) atoms. The molecule has 0 atom stereocenters. The number of ether oxygens (including phenoxy) is 1. The molecule has 0 aliphatic heterocycles. The van der Waals surface area contributed by atoms with E-state index in [1.54, 1.807) is 0 Å². The Morgan fingerprint density at radius 3 is 2.52 bits per heavy atom. The number of halogens is 5. The van der Waals surface area contributed by atoms with Crippen molar-refractivity contribution < 1.29 is 26.7 Å². The smallest absolute Gasteiger partial charge is 0.418 e. The Kier molecular flexibility index (Phi) is 3.35. The van der Waals surface area contributed by atoms with Crippen LogP contribution >= 0.6 is 0 Å². The summed E-state index contributed by atoms with van der Waals surface area (Å²) in [6.07, 6.45) is -2.76. The number of H-pyrrole nitrogens is 1. The van der Waals surface area contributed by atoms with Crippen LogP contribution in [0.25, 0.3) is 11.0 Å². The zero-order chi connectivity index (χ0) is 16.8. The normalized spacial score (nSPS) is 11.9. The lowest BCUT2D eigenvalue weighted by Gasteiger charge is -2.11. The van der Waals surface area contributed by atoms with Gasteiger partial charge in [-0.2, -0.15) is 13.2 Å². The number of nitrogen functional groups attached to an aromatic ring is 1. The number of alkyl halides is 3. The minimum Gasteiger partial charge on any atom is -0.453 e. The second-order valence-corrected chi connectivity index (χ2v) is 4.64. The number of pyridine rings is 1. The highest BCUT2D eigenvalue weighted by atomic mass is 19.4. The highest BCUT2D eigenvalue weighted by Gasteiger charge is 2.35. The number of nitrogens with two attached hydrogens (primary N) is 1. The molecule has 120 valence electrons. The number of nitrogens with one attached hydrogen (secondary N) is 1. The minimum atomic E-state index is -4.66. The Bertz CT molecular complexity index is 888. The third-order valence-electron chi connectivity index (χ3n) is 3.11. The summed E-state index contributed by atoms with van der Waals surface area (Å²) in [5.74, 6) is -2.85. The van der Waals surface area contributed by atoms with Crippen molar-refractivity contribution in [2.45, 2.75) is 6.18 Å². The van der Waals surface area contributed by atoms with Crippen LogP contribution in [0.3, 0.4) is 0 Å². The molecule has 0 aliphatic rings. The third kappa shape index (κ3) is 2.65. The molecular weight excluding hydrogens is 321 g/mol. The second kappa shape index (κ2) is 5.11. The average molecular weight is 329 g/mol. The van der Waals surface area contributed by atoms with Gasteiger partial charge < -0.3 is 15.5 Å². The third-order valence-corrected chi connectivity index (χ3v) is 3.11. The van der Waals surface area contributed by atoms with Gasteiger partial charge in [-0.1, -0.05) is 0 Å². The number of nitrogens with zero attached hydrogens (tertiary/aromatic N) is 1. The molecule has 0 fully saturated rings. The molecule has 0 radical (unpaired) electrons. The minimum absolute atomic E-state index is 0.0915. The molecule has 0 aliphatic carbocycles. The SMILES string of the molecule is Nc1cc(F)c(Oc2ccnc3[nH]cc(C(F)(F)F)c23)cc1F. The van der Waals surface area contributed by atoms with Gasteiger partial charge in [0.1, 0.15) is 17.2 Å². The van der Waals surface area contributed by atoms with Crippen LogP contribution in [0.4, 0.5) is 27.6 Å². The number of aromatic amines is 1. The first-order chi connectivity index (χ1) is 10.8. The van der Waals surface area contributed by atoms with Gasteiger partial charge in [0.05, 0.1) is 16.6 Å². The zero-order valence-corrected chi connectivity index (χ0v) is 11.2. The summed E-state index contributed by atoms with van der Waals surface area (Å²) < 4.78 is 71.3. The molecule has 0 unspecified atom stereocenters. The van der Waals surface area contributed by atoms with Gasteiger partial charge in [0.2, 0.25) is 0 Å². The Hall–Kier alpha value is -2.84. The van der Waals surface area contributed by atoms with Crippen LogP contribution in [0.1, 0.15) is 5.56 Å². The molecule has 0 spiro atoms. The van der Waals surface area contributed by atoms with Crippen molar-refractivity contribution in [3.05, 3.63) is 47.8 Å². The molecule has 1 aromatic carbocycles. The summed E-state index contributed by atoms with van der Waals surface area (Å²) in [4.78, 5) is 6.11. The molecule has 3 rings (SSSR count). The average Bonchev–Trinajstić information content (AvgIpc) is 2.89. The van der Waals surface area contributed by atoms with E-state index in [1.807, 2.05) is 0 Å². The number of benzene rings is 1. The predicted octanol–water partition coefficient (Wildman–Crippen LogP) is 4.23. The fourth-order valence-corrected chi connectivity index (χ4v) is 2.08. The first kappa shape index (κ1) is 15.1. The van der Waals surface area contributed by atoms with E-state index in [-0.39, 0.29) is 16.8 Å². The maximum absolute atomic E-state index is 13.8. The number of hydrogen-bond acceptors (Lipinski definition) is 3. The molecule has 3 N–H and O–H groups in total. The van der Waals surface area contributed by atoms with Gasteiger partial charge in [-0.25, -0.2) is 13.8 Å². The summed E-state index contributed by atoms with van der Waals surface area (Å²) in [6, 6.07) is 2.47. The predicted molar refractivity (Wildman–Crippen MR) is 71.9 cm³/mol. The Morgan fingerprint density at radius 1 is 1.09 bits per heavy atom. The van der Waals surface area contributed by atoms with E-state index in [1.165, 1.54) is 6.20 Å². The van der Waals surface area contributed by atoms with Gasteiger partial charge in [0, 0.05) is 24.5 Å². The molecule has 4 nitrogen and oxygen atoms in total. The van der Waals surface area contributed by atoms with E-state index in [0.29, 0.717) is 12.1 Å². The van der Waals surface area contributed by atoms with Crippen LogP contribution in [0.15, 0.2) is 30.6 Å². The van der Waals surface area contributed by atoms with Crippen molar-refractivity contribution in [3.8, 4) is 11.5 Å². The number of anilines is 1.